The molecule has 0 bridgehead atoms. The second kappa shape index (κ2) is 5.54. The molecule has 0 unspecified atom stereocenters. The molecule has 2 rings (SSSR count). The van der Waals surface area contributed by atoms with Crippen molar-refractivity contribution in [1.82, 2.24) is 9.97 Å². The fraction of sp³-hybridized carbons (Fsp3) is 0.167. The second-order valence-electron chi connectivity index (χ2n) is 3.65. The first kappa shape index (κ1) is 13.1. The van der Waals surface area contributed by atoms with Crippen molar-refractivity contribution in [3.63, 3.8) is 0 Å². The highest BCUT2D eigenvalue weighted by atomic mass is 79.9. The van der Waals surface area contributed by atoms with Crippen LogP contribution in [0.4, 0.5) is 11.5 Å². The summed E-state index contributed by atoms with van der Waals surface area (Å²) in [5.41, 5.74) is 2.03. The van der Waals surface area contributed by atoms with Gasteiger partial charge in [-0.25, -0.2) is 9.97 Å². The van der Waals surface area contributed by atoms with E-state index in [0.29, 0.717) is 11.6 Å². The molecule has 1 aromatic heterocycles. The highest BCUT2D eigenvalue weighted by Crippen LogP contribution is 2.33. The van der Waals surface area contributed by atoms with Gasteiger partial charge in [-0.3, -0.25) is 0 Å². The van der Waals surface area contributed by atoms with Gasteiger partial charge in [-0.05, 0) is 40.5 Å². The van der Waals surface area contributed by atoms with Crippen LogP contribution in [0.15, 0.2) is 29.0 Å². The van der Waals surface area contributed by atoms with Gasteiger partial charge in [-0.2, -0.15) is 0 Å². The lowest BCUT2D eigenvalue weighted by Crippen LogP contribution is -2.00. The van der Waals surface area contributed by atoms with Gasteiger partial charge >= 0.3 is 0 Å². The average Bonchev–Trinajstić information content (AvgIpc) is 2.34. The fourth-order valence-corrected chi connectivity index (χ4v) is 2.04. The van der Waals surface area contributed by atoms with Gasteiger partial charge in [-0.1, -0.05) is 17.7 Å². The van der Waals surface area contributed by atoms with Crippen molar-refractivity contribution in [3.8, 4) is 5.75 Å². The van der Waals surface area contributed by atoms with Crippen LogP contribution in [0.1, 0.15) is 5.56 Å². The molecule has 4 nitrogen and oxygen atoms in total. The van der Waals surface area contributed by atoms with Crippen LogP contribution in [0, 0.1) is 6.92 Å². The Balaban J connectivity index is 2.40. The minimum absolute atomic E-state index is 0.277. The van der Waals surface area contributed by atoms with E-state index in [0.717, 1.165) is 15.7 Å². The Morgan fingerprint density at radius 3 is 2.83 bits per heavy atom. The Hall–Kier alpha value is -1.33. The second-order valence-corrected chi connectivity index (χ2v) is 4.87. The van der Waals surface area contributed by atoms with E-state index in [4.69, 9.17) is 16.3 Å². The maximum atomic E-state index is 5.94. The molecule has 94 valence electrons. The number of nitrogens with one attached hydrogen (secondary N) is 1. The van der Waals surface area contributed by atoms with Crippen molar-refractivity contribution in [1.29, 1.82) is 0 Å². The molecule has 0 saturated carbocycles. The van der Waals surface area contributed by atoms with Crippen LogP contribution in [0.25, 0.3) is 0 Å². The lowest BCUT2D eigenvalue weighted by Gasteiger charge is -2.12. The Bertz CT molecular complexity index is 577. The highest BCUT2D eigenvalue weighted by molar-refractivity contribution is 9.10. The van der Waals surface area contributed by atoms with Crippen LogP contribution in [0.3, 0.4) is 0 Å². The lowest BCUT2D eigenvalue weighted by atomic mass is 10.2. The number of aryl methyl sites for hydroxylation is 1. The largest absolute Gasteiger partial charge is 0.490 e. The number of ether oxygens (including phenoxy) is 1. The van der Waals surface area contributed by atoms with Crippen molar-refractivity contribution in [3.05, 3.63) is 39.7 Å². The van der Waals surface area contributed by atoms with E-state index in [1.807, 2.05) is 25.1 Å². The first-order valence-electron chi connectivity index (χ1n) is 5.19. The van der Waals surface area contributed by atoms with Crippen LogP contribution >= 0.6 is 27.5 Å². The van der Waals surface area contributed by atoms with Gasteiger partial charge in [0.05, 0.1) is 12.8 Å². The Morgan fingerprint density at radius 2 is 2.11 bits per heavy atom. The highest BCUT2D eigenvalue weighted by Gasteiger charge is 2.11. The van der Waals surface area contributed by atoms with E-state index < -0.39 is 0 Å². The Labute approximate surface area is 118 Å². The van der Waals surface area contributed by atoms with Crippen molar-refractivity contribution in [2.24, 2.45) is 0 Å². The Morgan fingerprint density at radius 1 is 1.33 bits per heavy atom. The molecule has 0 spiro atoms. The topological polar surface area (TPSA) is 47.0 Å². The molecule has 2 aromatic rings. The van der Waals surface area contributed by atoms with Crippen LogP contribution in [-0.2, 0) is 0 Å². The molecule has 0 radical (unpaired) electrons. The molecular formula is C12H11BrClN3O. The number of hydrogen-bond acceptors (Lipinski definition) is 4. The quantitative estimate of drug-likeness (QED) is 0.867. The minimum Gasteiger partial charge on any atom is -0.490 e. The van der Waals surface area contributed by atoms with Crippen molar-refractivity contribution in [2.75, 3.05) is 12.4 Å². The third kappa shape index (κ3) is 2.73. The van der Waals surface area contributed by atoms with Crippen molar-refractivity contribution in [2.45, 2.75) is 6.92 Å². The van der Waals surface area contributed by atoms with E-state index in [-0.39, 0.29) is 5.15 Å². The molecule has 0 aliphatic carbocycles. The lowest BCUT2D eigenvalue weighted by molar-refractivity contribution is 0.413. The van der Waals surface area contributed by atoms with E-state index in [2.05, 4.69) is 31.2 Å². The van der Waals surface area contributed by atoms with Crippen LogP contribution in [0.2, 0.25) is 5.15 Å². The third-order valence-electron chi connectivity index (χ3n) is 2.34. The molecule has 1 heterocycles. The summed E-state index contributed by atoms with van der Waals surface area (Å²) in [4.78, 5) is 7.99. The molecule has 0 fully saturated rings. The van der Waals surface area contributed by atoms with Gasteiger partial charge in [0.15, 0.2) is 16.7 Å². The van der Waals surface area contributed by atoms with Gasteiger partial charge in [0.1, 0.15) is 6.33 Å². The molecule has 6 heteroatoms. The average molecular weight is 329 g/mol. The van der Waals surface area contributed by atoms with Gasteiger partial charge in [0, 0.05) is 4.47 Å². The number of aromatic nitrogens is 2. The summed E-state index contributed by atoms with van der Waals surface area (Å²) < 4.78 is 6.12. The van der Waals surface area contributed by atoms with Gasteiger partial charge < -0.3 is 10.1 Å². The van der Waals surface area contributed by atoms with Crippen LogP contribution in [0.5, 0.6) is 5.75 Å². The zero-order chi connectivity index (χ0) is 13.1. The third-order valence-corrected chi connectivity index (χ3v) is 3.30. The standard InChI is InChI=1S/C12H11BrClN3O/c1-7-3-4-8(13)9(5-7)17-12-10(18-2)11(14)15-6-16-12/h3-6H,1-2H3,(H,15,16,17). The summed E-state index contributed by atoms with van der Waals surface area (Å²) >= 11 is 9.41. The SMILES string of the molecule is COc1c(Cl)ncnc1Nc1cc(C)ccc1Br. The molecule has 0 amide bonds. The first-order chi connectivity index (χ1) is 8.61. The zero-order valence-electron chi connectivity index (χ0n) is 9.87. The summed E-state index contributed by atoms with van der Waals surface area (Å²) in [6.07, 6.45) is 1.39. The molecule has 1 aromatic carbocycles. The molecular weight excluding hydrogens is 318 g/mol. The van der Waals surface area contributed by atoms with Gasteiger partial charge in [0.2, 0.25) is 0 Å². The number of anilines is 2. The van der Waals surface area contributed by atoms with Crippen molar-refractivity contribution >= 4 is 39.0 Å². The molecule has 18 heavy (non-hydrogen) atoms. The number of hydrogen-bond donors (Lipinski definition) is 1. The summed E-state index contributed by atoms with van der Waals surface area (Å²) in [5.74, 6) is 0.955. The smallest absolute Gasteiger partial charge is 0.199 e. The zero-order valence-corrected chi connectivity index (χ0v) is 12.2. The molecule has 0 saturated heterocycles. The normalized spacial score (nSPS) is 10.2. The van der Waals surface area contributed by atoms with E-state index in [9.17, 15) is 0 Å². The molecule has 0 aliphatic rings. The summed E-state index contributed by atoms with van der Waals surface area (Å²) in [6.45, 7) is 2.02. The maximum absolute atomic E-state index is 5.94. The molecule has 1 N–H and O–H groups in total. The number of nitrogens with zero attached hydrogens (tertiary/aromatic N) is 2. The van der Waals surface area contributed by atoms with E-state index in [1.54, 1.807) is 0 Å². The number of methoxy groups -OCH3 is 1. The number of rotatable bonds is 3. The summed E-state index contributed by atoms with van der Waals surface area (Å²) in [6, 6.07) is 5.98. The van der Waals surface area contributed by atoms with Crippen molar-refractivity contribution < 1.29 is 4.74 Å². The van der Waals surface area contributed by atoms with Gasteiger partial charge in [0.25, 0.3) is 0 Å². The summed E-state index contributed by atoms with van der Waals surface area (Å²) in [5, 5.41) is 3.44. The van der Waals surface area contributed by atoms with E-state index >= 15 is 0 Å². The first-order valence-corrected chi connectivity index (χ1v) is 6.36. The fourth-order valence-electron chi connectivity index (χ4n) is 1.48. The molecule has 0 atom stereocenters. The Kier molecular flexibility index (Phi) is 4.04. The van der Waals surface area contributed by atoms with Crippen LogP contribution < -0.4 is 10.1 Å². The summed E-state index contributed by atoms with van der Waals surface area (Å²) in [7, 11) is 1.53. The maximum Gasteiger partial charge on any atom is 0.199 e. The predicted octanol–water partition coefficient (Wildman–Crippen LogP) is 3.95. The van der Waals surface area contributed by atoms with E-state index in [1.165, 1.54) is 13.4 Å². The number of halogens is 2. The monoisotopic (exact) mass is 327 g/mol. The van der Waals surface area contributed by atoms with Crippen LogP contribution in [-0.4, -0.2) is 17.1 Å². The predicted molar refractivity (Wildman–Crippen MR) is 75.8 cm³/mol. The van der Waals surface area contributed by atoms with Gasteiger partial charge in [-0.15, -0.1) is 0 Å². The molecule has 0 aliphatic heterocycles. The minimum atomic E-state index is 0.277. The number of benzene rings is 1.